The lowest BCUT2D eigenvalue weighted by atomic mass is 10.2. The first-order chi connectivity index (χ1) is 14.8. The summed E-state index contributed by atoms with van der Waals surface area (Å²) in [6.07, 6.45) is 1.21. The first kappa shape index (κ1) is 22.0. The molecule has 1 aliphatic heterocycles. The number of hydrogen-bond acceptors (Lipinski definition) is 5. The van der Waals surface area contributed by atoms with Crippen LogP contribution in [-0.4, -0.2) is 68.3 Å². The number of para-hydroxylation sites is 3. The normalized spacial score (nSPS) is 14.4. The van der Waals surface area contributed by atoms with E-state index in [1.165, 1.54) is 0 Å². The fourth-order valence-electron chi connectivity index (χ4n) is 3.44. The Kier molecular flexibility index (Phi) is 8.84. The number of carbonyl (C=O) groups excluding carboxylic acids is 1. The minimum Gasteiger partial charge on any atom is -0.492 e. The molecule has 1 saturated heterocycles. The second-order valence-corrected chi connectivity index (χ2v) is 7.22. The lowest BCUT2D eigenvalue weighted by Crippen LogP contribution is -2.49. The Hall–Kier alpha value is -2.73. The highest BCUT2D eigenvalue weighted by molar-refractivity contribution is 5.76. The molecule has 162 valence electrons. The quantitative estimate of drug-likeness (QED) is 0.529. The number of ether oxygens (including phenoxy) is 3. The maximum atomic E-state index is 12.5. The molecular formula is C24H32N2O4. The van der Waals surface area contributed by atoms with Gasteiger partial charge < -0.3 is 19.1 Å². The molecule has 0 atom stereocenters. The smallest absolute Gasteiger partial charge is 0.222 e. The van der Waals surface area contributed by atoms with Gasteiger partial charge in [0.25, 0.3) is 0 Å². The van der Waals surface area contributed by atoms with Gasteiger partial charge in [0.15, 0.2) is 11.5 Å². The van der Waals surface area contributed by atoms with Crippen molar-refractivity contribution in [1.82, 2.24) is 9.80 Å². The predicted octanol–water partition coefficient (Wildman–Crippen LogP) is 3.47. The molecule has 0 spiro atoms. The minimum atomic E-state index is 0.205. The highest BCUT2D eigenvalue weighted by atomic mass is 16.5. The zero-order valence-corrected chi connectivity index (χ0v) is 17.8. The summed E-state index contributed by atoms with van der Waals surface area (Å²) in [4.78, 5) is 16.8. The molecule has 0 bridgehead atoms. The number of piperazine rings is 1. The number of nitrogens with zero attached hydrogens (tertiary/aromatic N) is 2. The van der Waals surface area contributed by atoms with Crippen LogP contribution >= 0.6 is 0 Å². The number of rotatable bonds is 11. The molecule has 1 amide bonds. The van der Waals surface area contributed by atoms with E-state index in [0.717, 1.165) is 50.0 Å². The lowest BCUT2D eigenvalue weighted by molar-refractivity contribution is -0.133. The van der Waals surface area contributed by atoms with Crippen LogP contribution in [0.3, 0.4) is 0 Å². The molecular weight excluding hydrogens is 380 g/mol. The molecule has 30 heavy (non-hydrogen) atoms. The van der Waals surface area contributed by atoms with Gasteiger partial charge in [0, 0.05) is 39.1 Å². The Labute approximate surface area is 179 Å². The molecule has 0 N–H and O–H groups in total. The second kappa shape index (κ2) is 12.1. The number of carbonyl (C=O) groups is 1. The van der Waals surface area contributed by atoms with Gasteiger partial charge in [-0.3, -0.25) is 9.69 Å². The van der Waals surface area contributed by atoms with E-state index in [4.69, 9.17) is 14.2 Å². The van der Waals surface area contributed by atoms with E-state index in [2.05, 4.69) is 4.90 Å². The average Bonchev–Trinajstić information content (AvgIpc) is 2.79. The molecule has 1 heterocycles. The van der Waals surface area contributed by atoms with Gasteiger partial charge >= 0.3 is 0 Å². The largest absolute Gasteiger partial charge is 0.492 e. The Morgan fingerprint density at radius 1 is 0.833 bits per heavy atom. The van der Waals surface area contributed by atoms with E-state index >= 15 is 0 Å². The van der Waals surface area contributed by atoms with Gasteiger partial charge in [-0.2, -0.15) is 0 Å². The zero-order chi connectivity index (χ0) is 21.0. The first-order valence-corrected chi connectivity index (χ1v) is 10.8. The Bertz CT molecular complexity index is 761. The van der Waals surface area contributed by atoms with Gasteiger partial charge in [-0.1, -0.05) is 30.3 Å². The van der Waals surface area contributed by atoms with E-state index in [1.807, 2.05) is 66.4 Å². The molecule has 6 nitrogen and oxygen atoms in total. The lowest BCUT2D eigenvalue weighted by Gasteiger charge is -2.34. The Balaban J connectivity index is 1.29. The van der Waals surface area contributed by atoms with Gasteiger partial charge in [-0.05, 0) is 37.6 Å². The summed E-state index contributed by atoms with van der Waals surface area (Å²) in [7, 11) is 0. The summed E-state index contributed by atoms with van der Waals surface area (Å²) in [5, 5.41) is 0. The first-order valence-electron chi connectivity index (χ1n) is 10.8. The second-order valence-electron chi connectivity index (χ2n) is 7.22. The molecule has 0 aliphatic carbocycles. The molecule has 0 aromatic heterocycles. The van der Waals surface area contributed by atoms with E-state index < -0.39 is 0 Å². The van der Waals surface area contributed by atoms with Crippen LogP contribution in [0, 0.1) is 0 Å². The van der Waals surface area contributed by atoms with Crippen LogP contribution in [0.5, 0.6) is 17.2 Å². The van der Waals surface area contributed by atoms with Crippen LogP contribution in [-0.2, 0) is 4.79 Å². The van der Waals surface area contributed by atoms with Crippen molar-refractivity contribution in [2.45, 2.75) is 19.8 Å². The molecule has 3 rings (SSSR count). The van der Waals surface area contributed by atoms with Crippen LogP contribution in [0.25, 0.3) is 0 Å². The Morgan fingerprint density at radius 2 is 1.50 bits per heavy atom. The van der Waals surface area contributed by atoms with Crippen molar-refractivity contribution in [1.29, 1.82) is 0 Å². The van der Waals surface area contributed by atoms with E-state index in [1.54, 1.807) is 0 Å². The topological polar surface area (TPSA) is 51.2 Å². The molecule has 0 radical (unpaired) electrons. The fourth-order valence-corrected chi connectivity index (χ4v) is 3.44. The van der Waals surface area contributed by atoms with Crippen LogP contribution in [0.15, 0.2) is 54.6 Å². The van der Waals surface area contributed by atoms with Crippen molar-refractivity contribution in [3.63, 3.8) is 0 Å². The Morgan fingerprint density at radius 3 is 2.20 bits per heavy atom. The van der Waals surface area contributed by atoms with Crippen molar-refractivity contribution < 1.29 is 19.0 Å². The summed E-state index contributed by atoms with van der Waals surface area (Å²) in [6.45, 7) is 7.94. The van der Waals surface area contributed by atoms with Crippen LogP contribution < -0.4 is 14.2 Å². The van der Waals surface area contributed by atoms with E-state index in [0.29, 0.717) is 32.7 Å². The van der Waals surface area contributed by atoms with E-state index in [-0.39, 0.29) is 5.91 Å². The molecule has 1 aliphatic rings. The monoisotopic (exact) mass is 412 g/mol. The molecule has 1 fully saturated rings. The maximum Gasteiger partial charge on any atom is 0.222 e. The van der Waals surface area contributed by atoms with Crippen molar-refractivity contribution >= 4 is 5.91 Å². The van der Waals surface area contributed by atoms with Gasteiger partial charge in [-0.15, -0.1) is 0 Å². The third kappa shape index (κ3) is 6.95. The van der Waals surface area contributed by atoms with Gasteiger partial charge in [-0.25, -0.2) is 0 Å². The van der Waals surface area contributed by atoms with Crippen LogP contribution in [0.1, 0.15) is 19.8 Å². The predicted molar refractivity (Wildman–Crippen MR) is 117 cm³/mol. The van der Waals surface area contributed by atoms with Crippen LogP contribution in [0.4, 0.5) is 0 Å². The van der Waals surface area contributed by atoms with Crippen molar-refractivity contribution in [3.05, 3.63) is 54.6 Å². The minimum absolute atomic E-state index is 0.205. The SMILES string of the molecule is CCOc1ccccc1OCCCC(=O)N1CCN(CCOc2ccccc2)CC1. The molecule has 0 unspecified atom stereocenters. The average molecular weight is 413 g/mol. The number of hydrogen-bond donors (Lipinski definition) is 0. The number of amides is 1. The molecule has 2 aromatic carbocycles. The highest BCUT2D eigenvalue weighted by Gasteiger charge is 2.20. The van der Waals surface area contributed by atoms with Gasteiger partial charge in [0.05, 0.1) is 13.2 Å². The molecule has 2 aromatic rings. The summed E-state index contributed by atoms with van der Waals surface area (Å²) in [5.41, 5.74) is 0. The van der Waals surface area contributed by atoms with E-state index in [9.17, 15) is 4.79 Å². The summed E-state index contributed by atoms with van der Waals surface area (Å²) in [6, 6.07) is 17.5. The summed E-state index contributed by atoms with van der Waals surface area (Å²) in [5.74, 6) is 2.59. The third-order valence-corrected chi connectivity index (χ3v) is 5.09. The molecule has 0 saturated carbocycles. The third-order valence-electron chi connectivity index (χ3n) is 5.09. The van der Waals surface area contributed by atoms with Crippen LogP contribution in [0.2, 0.25) is 0 Å². The summed E-state index contributed by atoms with van der Waals surface area (Å²) >= 11 is 0. The van der Waals surface area contributed by atoms with Gasteiger partial charge in [0.2, 0.25) is 5.91 Å². The van der Waals surface area contributed by atoms with Crippen molar-refractivity contribution in [3.8, 4) is 17.2 Å². The fraction of sp³-hybridized carbons (Fsp3) is 0.458. The van der Waals surface area contributed by atoms with Crippen molar-refractivity contribution in [2.75, 3.05) is 52.5 Å². The zero-order valence-electron chi connectivity index (χ0n) is 17.8. The molecule has 6 heteroatoms. The highest BCUT2D eigenvalue weighted by Crippen LogP contribution is 2.26. The van der Waals surface area contributed by atoms with Gasteiger partial charge in [0.1, 0.15) is 12.4 Å². The van der Waals surface area contributed by atoms with Crippen molar-refractivity contribution in [2.24, 2.45) is 0 Å². The maximum absolute atomic E-state index is 12.5. The standard InChI is InChI=1S/C24H32N2O4/c1-2-28-22-11-6-7-12-23(22)30-19-8-13-24(27)26-16-14-25(15-17-26)18-20-29-21-9-4-3-5-10-21/h3-7,9-12H,2,8,13-20H2,1H3. The summed E-state index contributed by atoms with van der Waals surface area (Å²) < 4.78 is 17.1. The number of benzene rings is 2.